The number of nitrogens with one attached hydrogen (secondary N) is 3. The molecule has 0 aromatic carbocycles. The zero-order valence-electron chi connectivity index (χ0n) is 18.7. The van der Waals surface area contributed by atoms with E-state index >= 15 is 4.39 Å². The van der Waals surface area contributed by atoms with E-state index in [1.807, 2.05) is 10.7 Å². The van der Waals surface area contributed by atoms with Gasteiger partial charge in [-0.05, 0) is 44.1 Å². The van der Waals surface area contributed by atoms with E-state index in [0.717, 1.165) is 36.4 Å². The van der Waals surface area contributed by atoms with Crippen molar-refractivity contribution in [3.05, 3.63) is 35.9 Å². The lowest BCUT2D eigenvalue weighted by Crippen LogP contribution is -2.69. The van der Waals surface area contributed by atoms with Crippen LogP contribution in [0.5, 0.6) is 0 Å². The van der Waals surface area contributed by atoms with Crippen LogP contribution in [-0.2, 0) is 9.47 Å². The number of nitrogens with zero attached hydrogens (tertiary/aromatic N) is 4. The van der Waals surface area contributed by atoms with Crippen LogP contribution in [0.2, 0.25) is 0 Å². The van der Waals surface area contributed by atoms with Crippen molar-refractivity contribution in [1.29, 1.82) is 0 Å². The largest absolute Gasteiger partial charge is 0.366 e. The highest BCUT2D eigenvalue weighted by Gasteiger charge is 2.57. The zero-order chi connectivity index (χ0) is 22.9. The van der Waals surface area contributed by atoms with Gasteiger partial charge in [0.2, 0.25) is 6.41 Å². The topological polar surface area (TPSA) is 122 Å². The molecule has 2 bridgehead atoms. The smallest absolute Gasteiger partial charge is 0.214 e. The van der Waals surface area contributed by atoms with Gasteiger partial charge in [-0.15, -0.1) is 0 Å². The highest BCUT2D eigenvalue weighted by atomic mass is 19.1. The summed E-state index contributed by atoms with van der Waals surface area (Å²) in [6.07, 6.45) is 5.96. The van der Waals surface area contributed by atoms with Crippen LogP contribution in [0.25, 0.3) is 5.52 Å². The summed E-state index contributed by atoms with van der Waals surface area (Å²) < 4.78 is 28.1. The lowest BCUT2D eigenvalue weighted by atomic mass is 9.50. The molecule has 4 saturated carbocycles. The molecule has 180 valence electrons. The van der Waals surface area contributed by atoms with Crippen LogP contribution in [0.1, 0.15) is 61.9 Å². The maximum atomic E-state index is 15.1. The second kappa shape index (κ2) is 7.70. The Balaban J connectivity index is 1.01. The summed E-state index contributed by atoms with van der Waals surface area (Å²) in [6.45, 7) is 0.0581. The first-order valence-corrected chi connectivity index (χ1v) is 12.1. The molecule has 10 nitrogen and oxygen atoms in total. The maximum Gasteiger partial charge on any atom is 0.214 e. The van der Waals surface area contributed by atoms with Crippen LogP contribution in [0.4, 0.5) is 16.0 Å². The van der Waals surface area contributed by atoms with Crippen molar-refractivity contribution in [1.82, 2.24) is 30.1 Å². The Hall–Kier alpha value is -2.60. The summed E-state index contributed by atoms with van der Waals surface area (Å²) in [5.74, 6) is 2.44. The Morgan fingerprint density at radius 1 is 1.29 bits per heavy atom. The fourth-order valence-electron chi connectivity index (χ4n) is 5.68. The molecule has 0 spiro atoms. The van der Waals surface area contributed by atoms with Crippen LogP contribution in [0.15, 0.2) is 24.5 Å². The first-order valence-electron chi connectivity index (χ1n) is 12.1. The summed E-state index contributed by atoms with van der Waals surface area (Å²) in [5, 5.41) is 28.3. The number of hydrogen-bond donors (Lipinski definition) is 4. The van der Waals surface area contributed by atoms with Crippen molar-refractivity contribution in [2.24, 2.45) is 5.92 Å². The quantitative estimate of drug-likeness (QED) is 0.372. The molecular weight excluding hydrogens is 441 g/mol. The third-order valence-electron chi connectivity index (χ3n) is 7.94. The van der Waals surface area contributed by atoms with Gasteiger partial charge in [-0.3, -0.25) is 10.4 Å². The van der Waals surface area contributed by atoms with Crippen LogP contribution in [0, 0.1) is 5.92 Å². The third kappa shape index (κ3) is 3.41. The van der Waals surface area contributed by atoms with E-state index in [1.54, 1.807) is 12.3 Å². The fourth-order valence-corrected chi connectivity index (χ4v) is 5.68. The number of aliphatic hydroxyl groups is 1. The van der Waals surface area contributed by atoms with Crippen molar-refractivity contribution in [3.8, 4) is 0 Å². The minimum atomic E-state index is -1.43. The molecule has 4 heterocycles. The molecule has 11 heteroatoms. The van der Waals surface area contributed by atoms with Crippen molar-refractivity contribution < 1.29 is 19.0 Å². The molecule has 1 unspecified atom stereocenters. The number of halogens is 1. The Morgan fingerprint density at radius 3 is 2.88 bits per heavy atom. The Morgan fingerprint density at radius 2 is 2.15 bits per heavy atom. The normalized spacial score (nSPS) is 33.4. The number of aromatic amines is 1. The lowest BCUT2D eigenvalue weighted by Gasteiger charge is -2.62. The molecule has 1 aliphatic heterocycles. The second-order valence-corrected chi connectivity index (χ2v) is 10.3. The Labute approximate surface area is 195 Å². The molecule has 3 aromatic heterocycles. The number of anilines is 2. The van der Waals surface area contributed by atoms with E-state index in [2.05, 4.69) is 37.0 Å². The molecule has 8 rings (SSSR count). The predicted octanol–water partition coefficient (Wildman–Crippen LogP) is 2.68. The van der Waals surface area contributed by atoms with Crippen molar-refractivity contribution >= 4 is 17.2 Å². The van der Waals surface area contributed by atoms with Crippen LogP contribution in [0.3, 0.4) is 0 Å². The SMILES string of the molecule is OC(NC12CC(C1)C2)O[C@@H]1CO[C@H](c2cc(Nc3nccn4nc(C5CCC5)cc34)n[nH]2)[C@H]1F. The van der Waals surface area contributed by atoms with E-state index in [0.29, 0.717) is 23.2 Å². The molecule has 5 aliphatic rings. The van der Waals surface area contributed by atoms with E-state index in [1.165, 1.54) is 19.3 Å². The van der Waals surface area contributed by atoms with Gasteiger partial charge < -0.3 is 19.9 Å². The Kier molecular flexibility index (Phi) is 4.70. The van der Waals surface area contributed by atoms with Gasteiger partial charge >= 0.3 is 0 Å². The minimum Gasteiger partial charge on any atom is -0.366 e. The van der Waals surface area contributed by atoms with E-state index in [9.17, 15) is 5.11 Å². The number of alkyl halides is 1. The molecule has 34 heavy (non-hydrogen) atoms. The fraction of sp³-hybridized carbons (Fsp3) is 0.609. The van der Waals surface area contributed by atoms with Crippen molar-refractivity contribution in [2.45, 2.75) is 74.8 Å². The Bertz CT molecular complexity index is 1190. The predicted molar refractivity (Wildman–Crippen MR) is 119 cm³/mol. The number of fused-ring (bicyclic) bond motifs is 1. The number of hydrogen-bond acceptors (Lipinski definition) is 8. The second-order valence-electron chi connectivity index (χ2n) is 10.3. The number of aromatic nitrogens is 5. The molecule has 4 atom stereocenters. The van der Waals surface area contributed by atoms with Crippen LogP contribution >= 0.6 is 0 Å². The van der Waals surface area contributed by atoms with Gasteiger partial charge in [0.15, 0.2) is 17.8 Å². The van der Waals surface area contributed by atoms with Gasteiger partial charge in [0.1, 0.15) is 17.7 Å². The van der Waals surface area contributed by atoms with Gasteiger partial charge in [-0.25, -0.2) is 13.9 Å². The van der Waals surface area contributed by atoms with Gasteiger partial charge in [0, 0.05) is 29.9 Å². The number of H-pyrrole nitrogens is 1. The standard InChI is InChI=1S/C23H28FN7O3/c24-19-17(34-22(32)27-23-8-12(9-23)10-23)11-33-20(19)15-7-18(29-28-15)26-21-16-6-14(13-2-1-3-13)30-31(16)5-4-25-21/h4-7,12-13,17,19-20,22,27,32H,1-3,8-11H2,(H2,25,26,28,29)/t12?,17-,19+,20-,22?,23?/m1/s1. The molecule has 0 amide bonds. The van der Waals surface area contributed by atoms with Gasteiger partial charge in [0.05, 0.1) is 18.0 Å². The third-order valence-corrected chi connectivity index (χ3v) is 7.94. The molecule has 4 N–H and O–H groups in total. The molecule has 0 radical (unpaired) electrons. The number of ether oxygens (including phenoxy) is 2. The van der Waals surface area contributed by atoms with E-state index in [4.69, 9.17) is 9.47 Å². The number of rotatable bonds is 8. The van der Waals surface area contributed by atoms with Crippen molar-refractivity contribution in [2.75, 3.05) is 11.9 Å². The highest BCUT2D eigenvalue weighted by Crippen LogP contribution is 2.57. The van der Waals surface area contributed by atoms with Gasteiger partial charge in [0.25, 0.3) is 0 Å². The molecular formula is C23H28FN7O3. The summed E-state index contributed by atoms with van der Waals surface area (Å²) in [5.41, 5.74) is 2.44. The van der Waals surface area contributed by atoms with Crippen LogP contribution < -0.4 is 10.6 Å². The summed E-state index contributed by atoms with van der Waals surface area (Å²) in [4.78, 5) is 4.44. The van der Waals surface area contributed by atoms with Crippen molar-refractivity contribution in [3.63, 3.8) is 0 Å². The monoisotopic (exact) mass is 469 g/mol. The average Bonchev–Trinajstić information content (AvgIpc) is 3.43. The molecule has 1 saturated heterocycles. The average molecular weight is 470 g/mol. The summed E-state index contributed by atoms with van der Waals surface area (Å²) >= 11 is 0. The summed E-state index contributed by atoms with van der Waals surface area (Å²) in [6, 6.07) is 3.78. The van der Waals surface area contributed by atoms with Gasteiger partial charge in [-0.2, -0.15) is 10.2 Å². The minimum absolute atomic E-state index is 0.0102. The van der Waals surface area contributed by atoms with E-state index < -0.39 is 24.8 Å². The van der Waals surface area contributed by atoms with Gasteiger partial charge in [-0.1, -0.05) is 6.42 Å². The summed E-state index contributed by atoms with van der Waals surface area (Å²) in [7, 11) is 0. The number of aliphatic hydroxyl groups excluding tert-OH is 1. The molecule has 5 fully saturated rings. The molecule has 3 aromatic rings. The molecule has 4 aliphatic carbocycles. The highest BCUT2D eigenvalue weighted by molar-refractivity contribution is 5.72. The first-order chi connectivity index (χ1) is 16.6. The maximum absolute atomic E-state index is 15.1. The zero-order valence-corrected chi connectivity index (χ0v) is 18.7. The van der Waals surface area contributed by atoms with Crippen LogP contribution in [-0.4, -0.2) is 60.7 Å². The lowest BCUT2D eigenvalue weighted by molar-refractivity contribution is -0.205. The first kappa shape index (κ1) is 20.7. The van der Waals surface area contributed by atoms with E-state index in [-0.39, 0.29) is 12.1 Å².